The van der Waals surface area contributed by atoms with Gasteiger partial charge in [0.05, 0.1) is 5.92 Å². The van der Waals surface area contributed by atoms with E-state index in [0.717, 1.165) is 53.8 Å². The number of rotatable bonds is 5. The van der Waals surface area contributed by atoms with Crippen molar-refractivity contribution in [3.63, 3.8) is 0 Å². The van der Waals surface area contributed by atoms with Crippen LogP contribution in [0.15, 0.2) is 18.2 Å². The monoisotopic (exact) mass is 352 g/mol. The molecule has 2 heterocycles. The summed E-state index contributed by atoms with van der Waals surface area (Å²) in [7, 11) is 0. The predicted molar refractivity (Wildman–Crippen MR) is 99.6 cm³/mol. The quantitative estimate of drug-likeness (QED) is 0.770. The number of carboxylic acids is 1. The fourth-order valence-electron chi connectivity index (χ4n) is 4.53. The average molecular weight is 352 g/mol. The van der Waals surface area contributed by atoms with Crippen molar-refractivity contribution in [1.82, 2.24) is 4.98 Å². The number of aromatic nitrogens is 1. The summed E-state index contributed by atoms with van der Waals surface area (Å²) < 4.78 is 0. The Hall–Kier alpha value is -2.56. The third-order valence-electron chi connectivity index (χ3n) is 5.74. The number of aromatic amines is 1. The second kappa shape index (κ2) is 6.63. The Kier molecular flexibility index (Phi) is 4.31. The van der Waals surface area contributed by atoms with Gasteiger partial charge in [0.25, 0.3) is 0 Å². The van der Waals surface area contributed by atoms with Crippen LogP contribution in [0, 0.1) is 6.92 Å². The zero-order valence-electron chi connectivity index (χ0n) is 15.0. The molecule has 1 unspecified atom stereocenters. The highest BCUT2D eigenvalue weighted by Gasteiger charge is 2.33. The standard InChI is InChI=1S/C21H24N2O3/c1-12-5-4-8-17-20(12)15(21(26)23-17)11-18-14(9-10-19(24)25)13-6-2-3-7-16(13)22-18/h4-5,8,15,22H,2-3,6-7,9-11H2,1H3,(H,23,26)(H,24,25). The Morgan fingerprint density at radius 3 is 2.88 bits per heavy atom. The lowest BCUT2D eigenvalue weighted by Crippen LogP contribution is -2.16. The number of H-pyrrole nitrogens is 1. The summed E-state index contributed by atoms with van der Waals surface area (Å²) >= 11 is 0. The van der Waals surface area contributed by atoms with Gasteiger partial charge in [-0.1, -0.05) is 12.1 Å². The number of fused-ring (bicyclic) bond motifs is 2. The van der Waals surface area contributed by atoms with E-state index in [0.29, 0.717) is 12.8 Å². The van der Waals surface area contributed by atoms with Gasteiger partial charge in [-0.05, 0) is 67.3 Å². The van der Waals surface area contributed by atoms with Crippen LogP contribution in [0.4, 0.5) is 5.69 Å². The smallest absolute Gasteiger partial charge is 0.303 e. The molecule has 4 rings (SSSR count). The molecule has 1 aromatic heterocycles. The summed E-state index contributed by atoms with van der Waals surface area (Å²) in [6.07, 6.45) is 5.60. The molecule has 2 aromatic rings. The van der Waals surface area contributed by atoms with E-state index in [1.807, 2.05) is 25.1 Å². The molecule has 0 saturated carbocycles. The van der Waals surface area contributed by atoms with Crippen LogP contribution in [0.5, 0.6) is 0 Å². The summed E-state index contributed by atoms with van der Waals surface area (Å²) in [6, 6.07) is 5.95. The van der Waals surface area contributed by atoms with Crippen molar-refractivity contribution in [1.29, 1.82) is 0 Å². The highest BCUT2D eigenvalue weighted by atomic mass is 16.4. The lowest BCUT2D eigenvalue weighted by molar-refractivity contribution is -0.137. The summed E-state index contributed by atoms with van der Waals surface area (Å²) in [6.45, 7) is 2.04. The number of carbonyl (C=O) groups is 2. The normalized spacial score (nSPS) is 18.3. The molecule has 1 aromatic carbocycles. The Morgan fingerprint density at radius 2 is 2.08 bits per heavy atom. The third-order valence-corrected chi connectivity index (χ3v) is 5.74. The molecule has 136 valence electrons. The minimum absolute atomic E-state index is 0.0334. The lowest BCUT2D eigenvalue weighted by Gasteiger charge is -2.13. The topological polar surface area (TPSA) is 82.2 Å². The number of carbonyl (C=O) groups excluding carboxylic acids is 1. The number of hydrogen-bond donors (Lipinski definition) is 3. The van der Waals surface area contributed by atoms with Crippen LogP contribution in [0.3, 0.4) is 0 Å². The maximum Gasteiger partial charge on any atom is 0.303 e. The number of aryl methyl sites for hydroxylation is 2. The fraction of sp³-hybridized carbons (Fsp3) is 0.429. The molecule has 26 heavy (non-hydrogen) atoms. The van der Waals surface area contributed by atoms with Crippen molar-refractivity contribution in [3.8, 4) is 0 Å². The number of nitrogens with one attached hydrogen (secondary N) is 2. The molecule has 5 heteroatoms. The van der Waals surface area contributed by atoms with Gasteiger partial charge < -0.3 is 15.4 Å². The maximum absolute atomic E-state index is 12.6. The van der Waals surface area contributed by atoms with Gasteiger partial charge in [-0.3, -0.25) is 9.59 Å². The Labute approximate surface area is 152 Å². The molecule has 5 nitrogen and oxygen atoms in total. The molecule has 0 saturated heterocycles. The van der Waals surface area contributed by atoms with Gasteiger partial charge in [-0.15, -0.1) is 0 Å². The highest BCUT2D eigenvalue weighted by molar-refractivity contribution is 6.03. The first kappa shape index (κ1) is 16.9. The number of carboxylic acid groups (broad SMARTS) is 1. The number of hydrogen-bond acceptors (Lipinski definition) is 2. The number of aliphatic carboxylic acids is 1. The van der Waals surface area contributed by atoms with Crippen molar-refractivity contribution >= 4 is 17.6 Å². The Bertz CT molecular complexity index is 882. The first-order valence-electron chi connectivity index (χ1n) is 9.38. The van der Waals surface area contributed by atoms with E-state index >= 15 is 0 Å². The summed E-state index contributed by atoms with van der Waals surface area (Å²) in [5.74, 6) is -0.956. The second-order valence-corrected chi connectivity index (χ2v) is 7.42. The van der Waals surface area contributed by atoms with Gasteiger partial charge in [0.2, 0.25) is 5.91 Å². The Balaban J connectivity index is 1.69. The second-order valence-electron chi connectivity index (χ2n) is 7.42. The lowest BCUT2D eigenvalue weighted by atomic mass is 9.88. The van der Waals surface area contributed by atoms with Crippen LogP contribution in [0.2, 0.25) is 0 Å². The largest absolute Gasteiger partial charge is 0.481 e. The van der Waals surface area contributed by atoms with E-state index in [-0.39, 0.29) is 18.2 Å². The van der Waals surface area contributed by atoms with Gasteiger partial charge in [0.15, 0.2) is 0 Å². The molecule has 3 N–H and O–H groups in total. The van der Waals surface area contributed by atoms with Gasteiger partial charge in [0.1, 0.15) is 0 Å². The first-order chi connectivity index (χ1) is 12.5. The molecule has 0 spiro atoms. The summed E-state index contributed by atoms with van der Waals surface area (Å²) in [5, 5.41) is 12.1. The molecular weight excluding hydrogens is 328 g/mol. The number of amides is 1. The summed E-state index contributed by atoms with van der Waals surface area (Å²) in [5.41, 5.74) is 7.84. The molecular formula is C21H24N2O3. The van der Waals surface area contributed by atoms with Crippen LogP contribution >= 0.6 is 0 Å². The highest BCUT2D eigenvalue weighted by Crippen LogP contribution is 2.38. The van der Waals surface area contributed by atoms with Gasteiger partial charge in [-0.25, -0.2) is 0 Å². The predicted octanol–water partition coefficient (Wildman–Crippen LogP) is 3.50. The van der Waals surface area contributed by atoms with E-state index < -0.39 is 5.97 Å². The molecule has 1 atom stereocenters. The fourth-order valence-corrected chi connectivity index (χ4v) is 4.53. The van der Waals surface area contributed by atoms with Crippen LogP contribution in [0.1, 0.15) is 58.8 Å². The average Bonchev–Trinajstić information content (AvgIpc) is 3.11. The number of anilines is 1. The van der Waals surface area contributed by atoms with Crippen molar-refractivity contribution in [2.45, 2.75) is 57.8 Å². The minimum Gasteiger partial charge on any atom is -0.481 e. The van der Waals surface area contributed by atoms with Gasteiger partial charge in [-0.2, -0.15) is 0 Å². The zero-order chi connectivity index (χ0) is 18.3. The van der Waals surface area contributed by atoms with E-state index in [4.69, 9.17) is 5.11 Å². The van der Waals surface area contributed by atoms with E-state index in [9.17, 15) is 9.59 Å². The minimum atomic E-state index is -0.776. The maximum atomic E-state index is 12.6. The molecule has 0 fully saturated rings. The summed E-state index contributed by atoms with van der Waals surface area (Å²) in [4.78, 5) is 27.2. The molecule has 0 radical (unpaired) electrons. The molecule has 1 amide bonds. The van der Waals surface area contributed by atoms with E-state index in [2.05, 4.69) is 10.3 Å². The molecule has 0 bridgehead atoms. The van der Waals surface area contributed by atoms with Crippen molar-refractivity contribution in [3.05, 3.63) is 51.8 Å². The molecule has 1 aliphatic heterocycles. The third kappa shape index (κ3) is 2.91. The van der Waals surface area contributed by atoms with Crippen LogP contribution < -0.4 is 5.32 Å². The van der Waals surface area contributed by atoms with Gasteiger partial charge in [0, 0.05) is 29.9 Å². The first-order valence-corrected chi connectivity index (χ1v) is 9.38. The molecule has 1 aliphatic carbocycles. The zero-order valence-corrected chi connectivity index (χ0v) is 15.0. The van der Waals surface area contributed by atoms with E-state index in [1.54, 1.807) is 0 Å². The van der Waals surface area contributed by atoms with Crippen molar-refractivity contribution in [2.24, 2.45) is 0 Å². The van der Waals surface area contributed by atoms with Crippen LogP contribution in [0.25, 0.3) is 0 Å². The Morgan fingerprint density at radius 1 is 1.27 bits per heavy atom. The van der Waals surface area contributed by atoms with Crippen LogP contribution in [-0.2, 0) is 35.3 Å². The van der Waals surface area contributed by atoms with E-state index in [1.165, 1.54) is 11.3 Å². The number of benzene rings is 1. The van der Waals surface area contributed by atoms with Gasteiger partial charge >= 0.3 is 5.97 Å². The van der Waals surface area contributed by atoms with Crippen molar-refractivity contribution < 1.29 is 14.7 Å². The van der Waals surface area contributed by atoms with Crippen molar-refractivity contribution in [2.75, 3.05) is 5.32 Å². The van der Waals surface area contributed by atoms with Crippen LogP contribution in [-0.4, -0.2) is 22.0 Å². The molecule has 2 aliphatic rings. The SMILES string of the molecule is Cc1cccc2c1C(Cc1[nH]c3c(c1CCC(=O)O)CCCC3)C(=O)N2.